The summed E-state index contributed by atoms with van der Waals surface area (Å²) in [6.07, 6.45) is -3.51. The molecule has 0 bridgehead atoms. The van der Waals surface area contributed by atoms with Crippen LogP contribution in [0.3, 0.4) is 0 Å². The predicted molar refractivity (Wildman–Crippen MR) is 121 cm³/mol. The van der Waals surface area contributed by atoms with Crippen molar-refractivity contribution in [1.29, 1.82) is 0 Å². The number of pyridine rings is 1. The van der Waals surface area contributed by atoms with Gasteiger partial charge in [0.15, 0.2) is 11.4 Å². The molecule has 0 spiro atoms. The number of fused-ring (bicyclic) bond motifs is 3. The number of aromatic nitrogens is 1. The highest BCUT2D eigenvalue weighted by Gasteiger charge is 2.47. The molecule has 2 aromatic carbocycles. The number of rotatable bonds is 2. The molecule has 0 saturated carbocycles. The van der Waals surface area contributed by atoms with E-state index in [0.29, 0.717) is 27.3 Å². The minimum atomic E-state index is -4.75. The zero-order chi connectivity index (χ0) is 25.1. The normalized spacial score (nSPS) is 18.4. The molecule has 1 aromatic heterocycles. The van der Waals surface area contributed by atoms with Crippen LogP contribution in [0.5, 0.6) is 5.75 Å². The van der Waals surface area contributed by atoms with E-state index >= 15 is 0 Å². The van der Waals surface area contributed by atoms with Gasteiger partial charge in [0.2, 0.25) is 5.43 Å². The third-order valence-corrected chi connectivity index (χ3v) is 7.48. The molecule has 2 aliphatic heterocycles. The van der Waals surface area contributed by atoms with Gasteiger partial charge in [-0.05, 0) is 30.2 Å². The number of benzene rings is 2. The molecule has 0 unspecified atom stereocenters. The monoisotopic (exact) mass is 505 g/mol. The van der Waals surface area contributed by atoms with Crippen molar-refractivity contribution < 1.29 is 27.5 Å². The van der Waals surface area contributed by atoms with E-state index in [1.165, 1.54) is 39.8 Å². The molecule has 0 fully saturated rings. The molecule has 3 aromatic rings. The maximum atomic E-state index is 14.9. The Morgan fingerprint density at radius 3 is 2.51 bits per heavy atom. The summed E-state index contributed by atoms with van der Waals surface area (Å²) in [5, 5.41) is 11.9. The summed E-state index contributed by atoms with van der Waals surface area (Å²) in [7, 11) is 0. The number of nitrogens with zero attached hydrogens (tertiary/aromatic N) is 3. The molecule has 0 radical (unpaired) electrons. The van der Waals surface area contributed by atoms with Crippen LogP contribution < -0.4 is 10.4 Å². The van der Waals surface area contributed by atoms with Gasteiger partial charge in [-0.3, -0.25) is 19.3 Å². The van der Waals surface area contributed by atoms with Gasteiger partial charge in [0.05, 0.1) is 6.04 Å². The van der Waals surface area contributed by atoms with Crippen molar-refractivity contribution in [3.05, 3.63) is 93.2 Å². The zero-order valence-corrected chi connectivity index (χ0v) is 19.1. The lowest BCUT2D eigenvalue weighted by Gasteiger charge is -2.46. The molecule has 6 nitrogen and oxygen atoms in total. The van der Waals surface area contributed by atoms with Crippen LogP contribution >= 0.6 is 11.8 Å². The van der Waals surface area contributed by atoms with E-state index in [1.54, 1.807) is 18.2 Å². The van der Waals surface area contributed by atoms with Crippen LogP contribution in [0.2, 0.25) is 0 Å². The number of halogens is 4. The van der Waals surface area contributed by atoms with Crippen molar-refractivity contribution in [3.63, 3.8) is 0 Å². The second-order valence-corrected chi connectivity index (χ2v) is 9.35. The lowest BCUT2D eigenvalue weighted by Crippen LogP contribution is -2.60. The first kappa shape index (κ1) is 23.3. The molecule has 182 valence electrons. The van der Waals surface area contributed by atoms with Crippen LogP contribution in [-0.2, 0) is 5.75 Å². The molecule has 0 saturated heterocycles. The number of hydrogen-bond acceptors (Lipinski definition) is 5. The highest BCUT2D eigenvalue weighted by atomic mass is 32.2. The van der Waals surface area contributed by atoms with E-state index in [9.17, 15) is 32.3 Å². The largest absolute Gasteiger partial charge is 0.502 e. The van der Waals surface area contributed by atoms with Crippen LogP contribution in [-0.4, -0.2) is 39.5 Å². The van der Waals surface area contributed by atoms with Crippen molar-refractivity contribution in [2.24, 2.45) is 0 Å². The molecular weight excluding hydrogens is 486 g/mol. The van der Waals surface area contributed by atoms with Crippen molar-refractivity contribution >= 4 is 17.7 Å². The lowest BCUT2D eigenvalue weighted by atomic mass is 9.94. The summed E-state index contributed by atoms with van der Waals surface area (Å²) in [6.45, 7) is 0.322. The van der Waals surface area contributed by atoms with Crippen molar-refractivity contribution in [2.45, 2.75) is 35.8 Å². The first-order valence-electron chi connectivity index (χ1n) is 10.7. The van der Waals surface area contributed by atoms with E-state index in [2.05, 4.69) is 0 Å². The molecule has 1 amide bonds. The number of thioether (sulfide) groups is 1. The van der Waals surface area contributed by atoms with Crippen LogP contribution in [0, 0.1) is 5.82 Å². The standard InChI is InChI=1S/C24H19F4N3O3S/c1-13(24(26,27)28)29-12-31(30-10-9-18(32)22(33)21(30)23(29)34)20-14-6-4-7-17(25)16(14)11-35-19-8-3-2-5-15(19)20/h2-10,13,20,33H,11-12H2,1H3/t13-,20+/m1/s1. The summed E-state index contributed by atoms with van der Waals surface area (Å²) < 4.78 is 57.3. The number of hydrogen-bond donors (Lipinski definition) is 1. The number of amides is 1. The maximum absolute atomic E-state index is 14.9. The van der Waals surface area contributed by atoms with Crippen LogP contribution in [0.25, 0.3) is 0 Å². The maximum Gasteiger partial charge on any atom is 0.408 e. The lowest BCUT2D eigenvalue weighted by molar-refractivity contribution is -0.173. The highest BCUT2D eigenvalue weighted by Crippen LogP contribution is 2.44. The molecule has 1 N–H and O–H groups in total. The summed E-state index contributed by atoms with van der Waals surface area (Å²) in [5.41, 5.74) is 0.125. The first-order valence-corrected chi connectivity index (χ1v) is 11.7. The Morgan fingerprint density at radius 2 is 1.77 bits per heavy atom. The third-order valence-electron chi connectivity index (χ3n) is 6.37. The van der Waals surface area contributed by atoms with Gasteiger partial charge in [0.25, 0.3) is 5.91 Å². The van der Waals surface area contributed by atoms with E-state index in [1.807, 2.05) is 12.1 Å². The fourth-order valence-electron chi connectivity index (χ4n) is 4.50. The van der Waals surface area contributed by atoms with Gasteiger partial charge in [0, 0.05) is 28.5 Å². The predicted octanol–water partition coefficient (Wildman–Crippen LogP) is 4.39. The second-order valence-electron chi connectivity index (χ2n) is 8.33. The van der Waals surface area contributed by atoms with Crippen molar-refractivity contribution in [2.75, 3.05) is 11.7 Å². The topological polar surface area (TPSA) is 65.8 Å². The summed E-state index contributed by atoms with van der Waals surface area (Å²) in [5.74, 6) is -2.23. The minimum Gasteiger partial charge on any atom is -0.502 e. The molecular formula is C24H19F4N3O3S. The minimum absolute atomic E-state index is 0.299. The molecule has 35 heavy (non-hydrogen) atoms. The van der Waals surface area contributed by atoms with Gasteiger partial charge < -0.3 is 10.0 Å². The van der Waals surface area contributed by atoms with E-state index < -0.39 is 53.5 Å². The van der Waals surface area contributed by atoms with Gasteiger partial charge in [0.1, 0.15) is 18.5 Å². The number of alkyl halides is 3. The van der Waals surface area contributed by atoms with E-state index in [0.717, 1.165) is 17.9 Å². The Bertz CT molecular complexity index is 1390. The fraction of sp³-hybridized carbons (Fsp3) is 0.250. The molecule has 5 rings (SSSR count). The SMILES string of the molecule is C[C@@H](N1CN([C@@H]2c3ccccc3SCc3c(F)cccc32)n2ccc(=O)c(O)c2C1=O)C(F)(F)F. The molecule has 3 heterocycles. The molecule has 2 aliphatic rings. The van der Waals surface area contributed by atoms with E-state index in [-0.39, 0.29) is 0 Å². The quantitative estimate of drug-likeness (QED) is 0.524. The Morgan fingerprint density at radius 1 is 1.06 bits per heavy atom. The first-order chi connectivity index (χ1) is 16.6. The van der Waals surface area contributed by atoms with E-state index in [4.69, 9.17) is 0 Å². The number of carbonyl (C=O) groups is 1. The Labute approximate surface area is 201 Å². The van der Waals surface area contributed by atoms with Gasteiger partial charge in [-0.1, -0.05) is 30.3 Å². The van der Waals surface area contributed by atoms with Crippen LogP contribution in [0.15, 0.2) is 64.4 Å². The van der Waals surface area contributed by atoms with Crippen molar-refractivity contribution in [1.82, 2.24) is 9.58 Å². The smallest absolute Gasteiger partial charge is 0.408 e. The zero-order valence-electron chi connectivity index (χ0n) is 18.3. The average Bonchev–Trinajstić information content (AvgIpc) is 2.98. The van der Waals surface area contributed by atoms with Gasteiger partial charge in [-0.2, -0.15) is 13.2 Å². The number of carbonyl (C=O) groups excluding carboxylic acids is 1. The third kappa shape index (κ3) is 3.74. The van der Waals surface area contributed by atoms with Crippen LogP contribution in [0.4, 0.5) is 17.6 Å². The summed E-state index contributed by atoms with van der Waals surface area (Å²) in [6, 6.07) is 9.76. The van der Waals surface area contributed by atoms with Crippen molar-refractivity contribution in [3.8, 4) is 5.75 Å². The average molecular weight is 505 g/mol. The fourth-order valence-corrected chi connectivity index (χ4v) is 5.62. The van der Waals surface area contributed by atoms with Gasteiger partial charge in [-0.15, -0.1) is 11.8 Å². The summed E-state index contributed by atoms with van der Waals surface area (Å²) in [4.78, 5) is 26.7. The summed E-state index contributed by atoms with van der Waals surface area (Å²) >= 11 is 1.40. The Balaban J connectivity index is 1.79. The Hall–Kier alpha value is -3.47. The Kier molecular flexibility index (Phi) is 5.54. The second kappa shape index (κ2) is 8.33. The molecule has 0 aliphatic carbocycles. The molecule has 11 heteroatoms. The highest BCUT2D eigenvalue weighted by molar-refractivity contribution is 7.98. The van der Waals surface area contributed by atoms with Gasteiger partial charge >= 0.3 is 6.18 Å². The van der Waals surface area contributed by atoms with Gasteiger partial charge in [-0.25, -0.2) is 4.39 Å². The van der Waals surface area contributed by atoms with Crippen LogP contribution in [0.1, 0.15) is 40.1 Å². The number of aromatic hydroxyl groups is 1. The molecule has 2 atom stereocenters.